The zero-order valence-electron chi connectivity index (χ0n) is 4.35. The molecule has 0 aliphatic carbocycles. The van der Waals surface area contributed by atoms with Crippen LogP contribution < -0.4 is 0 Å². The molecule has 0 N–H and O–H groups in total. The van der Waals surface area contributed by atoms with Crippen LogP contribution in [0.3, 0.4) is 0 Å². The highest BCUT2D eigenvalue weighted by Gasteiger charge is 1.97. The van der Waals surface area contributed by atoms with Crippen LogP contribution in [-0.2, 0) is 4.43 Å². The van der Waals surface area contributed by atoms with Crippen LogP contribution in [0.15, 0.2) is 0 Å². The highest BCUT2D eigenvalue weighted by atomic mass is 29.5. The van der Waals surface area contributed by atoms with Gasteiger partial charge in [-0.1, -0.05) is 0 Å². The second-order valence-corrected chi connectivity index (χ2v) is 16.4. The summed E-state index contributed by atoms with van der Waals surface area (Å²) in [5, 5.41) is 0. The summed E-state index contributed by atoms with van der Waals surface area (Å²) in [6.45, 7) is 1.16. The topological polar surface area (TPSA) is 9.23 Å². The van der Waals surface area contributed by atoms with Gasteiger partial charge in [0, 0.05) is 24.2 Å². The third-order valence-corrected chi connectivity index (χ3v) is 15.1. The molecule has 0 aromatic carbocycles. The van der Waals surface area contributed by atoms with Gasteiger partial charge in [0.25, 0.3) is 0 Å². The summed E-state index contributed by atoms with van der Waals surface area (Å²) in [5.41, 5.74) is 0. The normalized spacial score (nSPS) is 30.9. The van der Waals surface area contributed by atoms with Crippen LogP contribution in [0.1, 0.15) is 0 Å². The lowest BCUT2D eigenvalue weighted by molar-refractivity contribution is 0.368. The fourth-order valence-electron chi connectivity index (χ4n) is 0.687. The Morgan fingerprint density at radius 2 is 2.29 bits per heavy atom. The van der Waals surface area contributed by atoms with E-state index in [9.17, 15) is 0 Å². The predicted octanol–water partition coefficient (Wildman–Crippen LogP) is -2.16. The van der Waals surface area contributed by atoms with Gasteiger partial charge in [0.1, 0.15) is 9.28 Å². The van der Waals surface area contributed by atoms with E-state index in [4.69, 9.17) is 4.43 Å². The first kappa shape index (κ1) is 7.54. The molecule has 0 amide bonds. The Balaban J connectivity index is 0.000000360. The minimum atomic E-state index is 0. The summed E-state index contributed by atoms with van der Waals surface area (Å²) in [6.07, 6.45) is 0. The van der Waals surface area contributed by atoms with Crippen LogP contribution in [0.5, 0.6) is 0 Å². The maximum Gasteiger partial charge on any atom is 0.140 e. The molecule has 0 atom stereocenters. The number of halogens is 1. The molecular weight excluding hydrogens is 143 g/mol. The standard InChI is InChI=1S/C2H10OSi3.FH/c1-2-4-6-5-3-1;/h1-2,4-6H2;1H. The molecule has 1 nitrogen and oxygen atoms in total. The van der Waals surface area contributed by atoms with Crippen molar-refractivity contribution in [2.24, 2.45) is 0 Å². The molecule has 1 aliphatic rings. The van der Waals surface area contributed by atoms with Crippen LogP contribution in [0.2, 0.25) is 6.04 Å². The monoisotopic (exact) mass is 154 g/mol. The molecule has 0 radical (unpaired) electrons. The Labute approximate surface area is 49.4 Å². The summed E-state index contributed by atoms with van der Waals surface area (Å²) < 4.78 is 5.30. The van der Waals surface area contributed by atoms with E-state index in [0.29, 0.717) is 17.6 Å². The van der Waals surface area contributed by atoms with E-state index in [2.05, 4.69) is 0 Å². The quantitative estimate of drug-likeness (QED) is 0.361. The Bertz CT molecular complexity index is 28.4. The third kappa shape index (κ3) is 3.15. The van der Waals surface area contributed by atoms with E-state index in [1.165, 1.54) is 6.04 Å². The molecule has 44 valence electrons. The molecule has 0 aromatic heterocycles. The lowest BCUT2D eigenvalue weighted by Gasteiger charge is -2.06. The van der Waals surface area contributed by atoms with Crippen molar-refractivity contribution < 1.29 is 9.13 Å². The molecule has 5 heteroatoms. The Morgan fingerprint density at radius 1 is 1.43 bits per heavy atom. The molecule has 0 bridgehead atoms. The van der Waals surface area contributed by atoms with Crippen molar-refractivity contribution in [3.63, 3.8) is 0 Å². The number of rotatable bonds is 0. The maximum atomic E-state index is 5.30. The molecule has 0 unspecified atom stereocenters. The largest absolute Gasteiger partial charge is 0.429 e. The van der Waals surface area contributed by atoms with E-state index in [0.717, 1.165) is 6.61 Å². The highest BCUT2D eigenvalue weighted by molar-refractivity contribution is 7.28. The molecule has 1 saturated heterocycles. The molecule has 7 heavy (non-hydrogen) atoms. The van der Waals surface area contributed by atoms with Crippen LogP contribution >= 0.6 is 0 Å². The minimum Gasteiger partial charge on any atom is -0.429 e. The first-order chi connectivity index (χ1) is 3.00. The van der Waals surface area contributed by atoms with E-state index in [-0.39, 0.29) is 14.0 Å². The molecule has 1 aliphatic heterocycles. The summed E-state index contributed by atoms with van der Waals surface area (Å²) in [7, 11) is 1.36. The zero-order chi connectivity index (χ0) is 4.24. The summed E-state index contributed by atoms with van der Waals surface area (Å²) >= 11 is 0. The summed E-state index contributed by atoms with van der Waals surface area (Å²) in [5.74, 6) is 0. The van der Waals surface area contributed by atoms with E-state index in [1.807, 2.05) is 0 Å². The van der Waals surface area contributed by atoms with Crippen LogP contribution in [0.4, 0.5) is 4.70 Å². The Kier molecular flexibility index (Phi) is 5.06. The summed E-state index contributed by atoms with van der Waals surface area (Å²) in [4.78, 5) is 0. The number of hydrogen-bond acceptors (Lipinski definition) is 1. The van der Waals surface area contributed by atoms with Crippen LogP contribution in [-0.4, -0.2) is 33.5 Å². The molecular formula is C2H11FOSi3. The first-order valence-corrected chi connectivity index (χ1v) is 12.2. The number of hydrogen-bond donors (Lipinski definition) is 0. The van der Waals surface area contributed by atoms with Gasteiger partial charge < -0.3 is 4.43 Å². The van der Waals surface area contributed by atoms with Gasteiger partial charge in [-0.25, -0.2) is 0 Å². The van der Waals surface area contributed by atoms with Crippen molar-refractivity contribution in [1.82, 2.24) is 0 Å². The lowest BCUT2D eigenvalue weighted by Crippen LogP contribution is -2.23. The van der Waals surface area contributed by atoms with E-state index in [1.54, 1.807) is 0 Å². The van der Waals surface area contributed by atoms with Gasteiger partial charge in [-0.05, 0) is 6.04 Å². The summed E-state index contributed by atoms with van der Waals surface area (Å²) in [6, 6.07) is 1.51. The van der Waals surface area contributed by atoms with Crippen molar-refractivity contribution in [2.75, 3.05) is 6.61 Å². The molecule has 1 heterocycles. The zero-order valence-corrected chi connectivity index (χ0v) is 8.59. The predicted molar refractivity (Wildman–Crippen MR) is 38.9 cm³/mol. The van der Waals surface area contributed by atoms with Gasteiger partial charge >= 0.3 is 0 Å². The van der Waals surface area contributed by atoms with E-state index < -0.39 is 0 Å². The van der Waals surface area contributed by atoms with Gasteiger partial charge in [-0.2, -0.15) is 0 Å². The van der Waals surface area contributed by atoms with Crippen molar-refractivity contribution in [1.29, 1.82) is 0 Å². The first-order valence-electron chi connectivity index (χ1n) is 2.58. The van der Waals surface area contributed by atoms with Crippen molar-refractivity contribution in [3.05, 3.63) is 0 Å². The Morgan fingerprint density at radius 3 is 2.43 bits per heavy atom. The average molecular weight is 154 g/mol. The van der Waals surface area contributed by atoms with Crippen molar-refractivity contribution in [3.8, 4) is 0 Å². The van der Waals surface area contributed by atoms with Gasteiger partial charge in [0.15, 0.2) is 0 Å². The second kappa shape index (κ2) is 4.69. The highest BCUT2D eigenvalue weighted by Crippen LogP contribution is 1.84. The SMILES string of the molecule is C1C[SiH2][SiH2][SiH2]O1.F. The van der Waals surface area contributed by atoms with Gasteiger partial charge in [0.05, 0.1) is 0 Å². The fourth-order valence-corrected chi connectivity index (χ4v) is 13.0. The third-order valence-electron chi connectivity index (χ3n) is 1.08. The van der Waals surface area contributed by atoms with Crippen LogP contribution in [0, 0.1) is 0 Å². The van der Waals surface area contributed by atoms with E-state index >= 15 is 0 Å². The smallest absolute Gasteiger partial charge is 0.140 e. The van der Waals surface area contributed by atoms with Gasteiger partial charge in [-0.15, -0.1) is 0 Å². The molecule has 0 aromatic rings. The minimum absolute atomic E-state index is 0. The second-order valence-electron chi connectivity index (χ2n) is 1.67. The lowest BCUT2D eigenvalue weighted by atomic mass is 10.9. The average Bonchev–Trinajstić information content (AvgIpc) is 1.72. The Hall–Kier alpha value is 0.541. The maximum absolute atomic E-state index is 5.30. The van der Waals surface area contributed by atoms with Gasteiger partial charge in [0.2, 0.25) is 0 Å². The van der Waals surface area contributed by atoms with Crippen molar-refractivity contribution >= 4 is 26.9 Å². The van der Waals surface area contributed by atoms with Gasteiger partial charge in [-0.3, -0.25) is 4.70 Å². The molecule has 1 fully saturated rings. The molecule has 1 rings (SSSR count). The molecule has 0 saturated carbocycles. The molecule has 0 spiro atoms. The van der Waals surface area contributed by atoms with Crippen molar-refractivity contribution in [2.45, 2.75) is 6.04 Å². The fraction of sp³-hybridized carbons (Fsp3) is 1.00. The van der Waals surface area contributed by atoms with Crippen LogP contribution in [0.25, 0.3) is 0 Å².